The Morgan fingerprint density at radius 3 is 1.80 bits per heavy atom. The zero-order valence-corrected chi connectivity index (χ0v) is 13.9. The minimum atomic E-state index is 0.764. The van der Waals surface area contributed by atoms with Crippen LogP contribution in [0, 0.1) is 0 Å². The molecule has 0 fully saturated rings. The van der Waals surface area contributed by atoms with Gasteiger partial charge in [0.1, 0.15) is 5.82 Å². The van der Waals surface area contributed by atoms with Crippen molar-refractivity contribution in [2.75, 3.05) is 0 Å². The Balaban J connectivity index is 1.75. The van der Waals surface area contributed by atoms with E-state index in [1.807, 2.05) is 30.3 Å². The third kappa shape index (κ3) is 3.50. The average Bonchev–Trinajstić information content (AvgIpc) is 3.06. The van der Waals surface area contributed by atoms with Crippen molar-refractivity contribution >= 4 is 0 Å². The van der Waals surface area contributed by atoms with Crippen LogP contribution >= 0.6 is 0 Å². The fourth-order valence-corrected chi connectivity index (χ4v) is 2.98. The quantitative estimate of drug-likeness (QED) is 0.537. The van der Waals surface area contributed by atoms with Crippen molar-refractivity contribution in [1.82, 2.24) is 14.8 Å². The normalized spacial score (nSPS) is 10.7. The first-order chi connectivity index (χ1) is 12.4. The van der Waals surface area contributed by atoms with Crippen LogP contribution in [0.15, 0.2) is 91.0 Å². The molecule has 0 saturated carbocycles. The molecule has 0 bridgehead atoms. The first-order valence-electron chi connectivity index (χ1n) is 8.45. The molecule has 0 aliphatic heterocycles. The van der Waals surface area contributed by atoms with Gasteiger partial charge in [0.15, 0.2) is 5.82 Å². The molecule has 0 unspecified atom stereocenters. The lowest BCUT2D eigenvalue weighted by molar-refractivity contribution is 0.747. The van der Waals surface area contributed by atoms with Crippen LogP contribution in [-0.2, 0) is 13.0 Å². The Morgan fingerprint density at radius 2 is 1.16 bits per heavy atom. The number of aromatic nitrogens is 3. The number of rotatable bonds is 5. The van der Waals surface area contributed by atoms with Crippen LogP contribution in [0.4, 0.5) is 0 Å². The van der Waals surface area contributed by atoms with Gasteiger partial charge in [-0.05, 0) is 11.1 Å². The van der Waals surface area contributed by atoms with E-state index in [-0.39, 0.29) is 0 Å². The molecule has 3 aromatic carbocycles. The van der Waals surface area contributed by atoms with Gasteiger partial charge in [-0.25, -0.2) is 0 Å². The van der Waals surface area contributed by atoms with Gasteiger partial charge in [0, 0.05) is 12.0 Å². The van der Waals surface area contributed by atoms with Gasteiger partial charge >= 0.3 is 0 Å². The van der Waals surface area contributed by atoms with E-state index in [2.05, 4.69) is 75.4 Å². The van der Waals surface area contributed by atoms with Crippen LogP contribution in [0.3, 0.4) is 0 Å². The number of hydrogen-bond donors (Lipinski definition) is 0. The van der Waals surface area contributed by atoms with Gasteiger partial charge in [-0.15, -0.1) is 10.2 Å². The van der Waals surface area contributed by atoms with Gasteiger partial charge in [0.2, 0.25) is 0 Å². The zero-order valence-electron chi connectivity index (χ0n) is 13.9. The predicted molar refractivity (Wildman–Crippen MR) is 100 cm³/mol. The third-order valence-corrected chi connectivity index (χ3v) is 4.25. The van der Waals surface area contributed by atoms with E-state index in [4.69, 9.17) is 0 Å². The minimum absolute atomic E-state index is 0.764. The molecule has 4 rings (SSSR count). The molecule has 4 aromatic rings. The van der Waals surface area contributed by atoms with Crippen LogP contribution in [0.2, 0.25) is 0 Å². The highest BCUT2D eigenvalue weighted by Crippen LogP contribution is 2.21. The first-order valence-corrected chi connectivity index (χ1v) is 8.45. The van der Waals surface area contributed by atoms with E-state index in [0.717, 1.165) is 30.2 Å². The maximum Gasteiger partial charge on any atom is 0.164 e. The molecule has 3 nitrogen and oxygen atoms in total. The molecular formula is C22H19N3. The summed E-state index contributed by atoms with van der Waals surface area (Å²) in [5.41, 5.74) is 3.57. The second-order valence-electron chi connectivity index (χ2n) is 6.04. The Kier molecular flexibility index (Phi) is 4.38. The van der Waals surface area contributed by atoms with E-state index in [1.54, 1.807) is 0 Å². The highest BCUT2D eigenvalue weighted by molar-refractivity contribution is 5.55. The third-order valence-electron chi connectivity index (χ3n) is 4.25. The van der Waals surface area contributed by atoms with Crippen molar-refractivity contribution in [3.63, 3.8) is 0 Å². The molecular weight excluding hydrogens is 306 g/mol. The molecule has 0 saturated heterocycles. The van der Waals surface area contributed by atoms with E-state index in [1.165, 1.54) is 11.1 Å². The second-order valence-corrected chi connectivity index (χ2v) is 6.04. The Morgan fingerprint density at radius 1 is 0.600 bits per heavy atom. The molecule has 0 aliphatic carbocycles. The fraction of sp³-hybridized carbons (Fsp3) is 0.0909. The van der Waals surface area contributed by atoms with Gasteiger partial charge in [-0.2, -0.15) is 0 Å². The summed E-state index contributed by atoms with van der Waals surface area (Å²) in [7, 11) is 0. The molecule has 0 spiro atoms. The standard InChI is InChI=1S/C22H19N3/c1-4-10-18(11-5-1)16-21-23-24-22(20-14-8-3-9-15-20)25(21)17-19-12-6-2-7-13-19/h1-15H,16-17H2. The van der Waals surface area contributed by atoms with E-state index in [9.17, 15) is 0 Å². The lowest BCUT2D eigenvalue weighted by Gasteiger charge is -2.11. The van der Waals surface area contributed by atoms with Crippen LogP contribution in [0.5, 0.6) is 0 Å². The van der Waals surface area contributed by atoms with Gasteiger partial charge in [-0.3, -0.25) is 0 Å². The van der Waals surface area contributed by atoms with Gasteiger partial charge < -0.3 is 4.57 Å². The van der Waals surface area contributed by atoms with Crippen molar-refractivity contribution in [2.24, 2.45) is 0 Å². The molecule has 0 amide bonds. The maximum absolute atomic E-state index is 4.50. The van der Waals surface area contributed by atoms with Crippen LogP contribution in [0.1, 0.15) is 17.0 Å². The molecule has 3 heteroatoms. The number of hydrogen-bond acceptors (Lipinski definition) is 2. The zero-order chi connectivity index (χ0) is 16.9. The molecule has 0 aliphatic rings. The second kappa shape index (κ2) is 7.14. The SMILES string of the molecule is c1ccc(Cc2nnc(-c3ccccc3)n2Cc2ccccc2)cc1. The van der Waals surface area contributed by atoms with E-state index < -0.39 is 0 Å². The Labute approximate surface area is 147 Å². The lowest BCUT2D eigenvalue weighted by atomic mass is 10.1. The molecule has 0 atom stereocenters. The highest BCUT2D eigenvalue weighted by atomic mass is 15.3. The summed E-state index contributed by atoms with van der Waals surface area (Å²) >= 11 is 0. The van der Waals surface area contributed by atoms with Crippen molar-refractivity contribution in [2.45, 2.75) is 13.0 Å². The highest BCUT2D eigenvalue weighted by Gasteiger charge is 2.14. The summed E-state index contributed by atoms with van der Waals surface area (Å²) in [6.45, 7) is 0.764. The average molecular weight is 325 g/mol. The van der Waals surface area contributed by atoms with Crippen LogP contribution in [0.25, 0.3) is 11.4 Å². The molecule has 1 heterocycles. The van der Waals surface area contributed by atoms with Crippen molar-refractivity contribution < 1.29 is 0 Å². The fourth-order valence-electron chi connectivity index (χ4n) is 2.98. The largest absolute Gasteiger partial charge is 0.306 e. The summed E-state index contributed by atoms with van der Waals surface area (Å²) in [4.78, 5) is 0. The monoisotopic (exact) mass is 325 g/mol. The summed E-state index contributed by atoms with van der Waals surface area (Å²) in [5.74, 6) is 1.89. The van der Waals surface area contributed by atoms with Crippen LogP contribution < -0.4 is 0 Å². The van der Waals surface area contributed by atoms with E-state index >= 15 is 0 Å². The number of nitrogens with zero attached hydrogens (tertiary/aromatic N) is 3. The molecule has 0 radical (unpaired) electrons. The first kappa shape index (κ1) is 15.3. The molecule has 122 valence electrons. The predicted octanol–water partition coefficient (Wildman–Crippen LogP) is 4.58. The molecule has 25 heavy (non-hydrogen) atoms. The van der Waals surface area contributed by atoms with Gasteiger partial charge in [0.05, 0.1) is 6.54 Å². The molecule has 0 N–H and O–H groups in total. The topological polar surface area (TPSA) is 30.7 Å². The minimum Gasteiger partial charge on any atom is -0.306 e. The summed E-state index contributed by atoms with van der Waals surface area (Å²) in [5, 5.41) is 8.99. The maximum atomic E-state index is 4.50. The van der Waals surface area contributed by atoms with E-state index in [0.29, 0.717) is 0 Å². The van der Waals surface area contributed by atoms with Crippen molar-refractivity contribution in [1.29, 1.82) is 0 Å². The summed E-state index contributed by atoms with van der Waals surface area (Å²) in [6.07, 6.45) is 0.771. The van der Waals surface area contributed by atoms with Crippen molar-refractivity contribution in [3.8, 4) is 11.4 Å². The van der Waals surface area contributed by atoms with Crippen LogP contribution in [-0.4, -0.2) is 14.8 Å². The lowest BCUT2D eigenvalue weighted by Crippen LogP contribution is -2.07. The summed E-state index contributed by atoms with van der Waals surface area (Å²) in [6, 6.07) is 31.1. The summed E-state index contributed by atoms with van der Waals surface area (Å²) < 4.78 is 2.22. The Bertz CT molecular complexity index is 929. The van der Waals surface area contributed by atoms with Gasteiger partial charge in [-0.1, -0.05) is 91.0 Å². The molecule has 1 aromatic heterocycles. The van der Waals surface area contributed by atoms with Crippen molar-refractivity contribution in [3.05, 3.63) is 108 Å². The number of benzene rings is 3. The van der Waals surface area contributed by atoms with Gasteiger partial charge in [0.25, 0.3) is 0 Å². The Hall–Kier alpha value is -3.20. The smallest absolute Gasteiger partial charge is 0.164 e.